The summed E-state index contributed by atoms with van der Waals surface area (Å²) < 4.78 is 18.5. The second-order valence-electron chi connectivity index (χ2n) is 3.96. The maximum absolute atomic E-state index is 13.2. The highest BCUT2D eigenvalue weighted by Crippen LogP contribution is 2.31. The monoisotopic (exact) mass is 220 g/mol. The molecule has 0 aromatic heterocycles. The highest BCUT2D eigenvalue weighted by Gasteiger charge is 2.20. The first-order valence-electron chi connectivity index (χ1n) is 5.29. The number of nitriles is 1. The van der Waals surface area contributed by atoms with E-state index in [9.17, 15) is 4.39 Å². The summed E-state index contributed by atoms with van der Waals surface area (Å²) in [6.45, 7) is 1.37. The van der Waals surface area contributed by atoms with Gasteiger partial charge >= 0.3 is 0 Å². The fraction of sp³-hybridized carbons (Fsp3) is 0.417. The van der Waals surface area contributed by atoms with E-state index in [1.54, 1.807) is 6.07 Å². The normalized spacial score (nSPS) is 17.0. The Morgan fingerprint density at radius 2 is 2.06 bits per heavy atom. The van der Waals surface area contributed by atoms with Crippen LogP contribution >= 0.6 is 0 Å². The molecule has 0 atom stereocenters. The second kappa shape index (κ2) is 4.50. The van der Waals surface area contributed by atoms with Gasteiger partial charge < -0.3 is 10.5 Å². The second-order valence-corrected chi connectivity index (χ2v) is 3.96. The van der Waals surface area contributed by atoms with Crippen LogP contribution in [0, 0.1) is 17.1 Å². The van der Waals surface area contributed by atoms with Gasteiger partial charge in [0, 0.05) is 13.2 Å². The highest BCUT2D eigenvalue weighted by molar-refractivity contribution is 5.51. The number of nitrogen functional groups attached to an aromatic ring is 1. The fourth-order valence-electron chi connectivity index (χ4n) is 2.05. The van der Waals surface area contributed by atoms with E-state index in [2.05, 4.69) is 0 Å². The largest absolute Gasteiger partial charge is 0.396 e. The van der Waals surface area contributed by atoms with Crippen molar-refractivity contribution in [2.24, 2.45) is 0 Å². The van der Waals surface area contributed by atoms with E-state index in [0.717, 1.165) is 18.4 Å². The maximum atomic E-state index is 13.2. The van der Waals surface area contributed by atoms with Crippen LogP contribution < -0.4 is 5.73 Å². The van der Waals surface area contributed by atoms with Gasteiger partial charge in [0.15, 0.2) is 0 Å². The average Bonchev–Trinajstić information content (AvgIpc) is 2.33. The molecule has 3 nitrogen and oxygen atoms in total. The third kappa shape index (κ3) is 2.00. The third-order valence-corrected chi connectivity index (χ3v) is 2.95. The van der Waals surface area contributed by atoms with E-state index in [4.69, 9.17) is 15.7 Å². The first kappa shape index (κ1) is 10.9. The Labute approximate surface area is 93.6 Å². The third-order valence-electron chi connectivity index (χ3n) is 2.95. The molecule has 2 N–H and O–H groups in total. The predicted molar refractivity (Wildman–Crippen MR) is 58.3 cm³/mol. The number of benzene rings is 1. The van der Waals surface area contributed by atoms with Gasteiger partial charge in [0.2, 0.25) is 0 Å². The molecule has 1 aromatic carbocycles. The van der Waals surface area contributed by atoms with Crippen LogP contribution in [0.25, 0.3) is 0 Å². The van der Waals surface area contributed by atoms with Crippen LogP contribution in [-0.4, -0.2) is 13.2 Å². The first-order valence-corrected chi connectivity index (χ1v) is 5.29. The lowest BCUT2D eigenvalue weighted by Gasteiger charge is -2.23. The van der Waals surface area contributed by atoms with Gasteiger partial charge in [-0.2, -0.15) is 5.26 Å². The lowest BCUT2D eigenvalue weighted by atomic mass is 9.88. The number of nitrogens with zero attached hydrogens (tertiary/aromatic N) is 1. The van der Waals surface area contributed by atoms with Gasteiger partial charge in [0.05, 0.1) is 17.3 Å². The van der Waals surface area contributed by atoms with Crippen molar-refractivity contribution in [3.05, 3.63) is 29.1 Å². The predicted octanol–water partition coefficient (Wildman–Crippen LogP) is 2.17. The molecule has 0 aliphatic carbocycles. The van der Waals surface area contributed by atoms with E-state index < -0.39 is 5.82 Å². The van der Waals surface area contributed by atoms with Gasteiger partial charge in [-0.25, -0.2) is 4.39 Å². The number of rotatable bonds is 1. The molecule has 1 saturated heterocycles. The lowest BCUT2D eigenvalue weighted by molar-refractivity contribution is 0.0853. The van der Waals surface area contributed by atoms with Crippen LogP contribution in [-0.2, 0) is 4.74 Å². The van der Waals surface area contributed by atoms with Crippen molar-refractivity contribution in [2.45, 2.75) is 18.8 Å². The minimum Gasteiger partial charge on any atom is -0.396 e. The van der Waals surface area contributed by atoms with Crippen LogP contribution in [0.1, 0.15) is 29.9 Å². The fourth-order valence-corrected chi connectivity index (χ4v) is 2.05. The van der Waals surface area contributed by atoms with Crippen molar-refractivity contribution in [1.82, 2.24) is 0 Å². The topological polar surface area (TPSA) is 59.0 Å². The summed E-state index contributed by atoms with van der Waals surface area (Å²) in [5, 5.41) is 8.98. The Bertz CT molecular complexity index is 433. The summed E-state index contributed by atoms with van der Waals surface area (Å²) in [4.78, 5) is 0. The first-order chi connectivity index (χ1) is 7.72. The number of anilines is 1. The molecule has 4 heteroatoms. The van der Waals surface area contributed by atoms with Crippen LogP contribution in [0.2, 0.25) is 0 Å². The molecule has 1 aliphatic heterocycles. The Morgan fingerprint density at radius 1 is 1.38 bits per heavy atom. The Morgan fingerprint density at radius 3 is 2.69 bits per heavy atom. The van der Waals surface area contributed by atoms with Gasteiger partial charge in [0.1, 0.15) is 5.82 Å². The Balaban J connectivity index is 2.38. The van der Waals surface area contributed by atoms with E-state index >= 15 is 0 Å². The van der Waals surface area contributed by atoms with E-state index in [-0.39, 0.29) is 11.6 Å². The smallest absolute Gasteiger partial charge is 0.147 e. The molecule has 0 unspecified atom stereocenters. The summed E-state index contributed by atoms with van der Waals surface area (Å²) in [6, 6.07) is 4.83. The standard InChI is InChI=1S/C12H13FN2O/c13-11-5-9(7-14)10(6-12(11)15)8-1-3-16-4-2-8/h5-6,8H,1-4,15H2. The van der Waals surface area contributed by atoms with Crippen molar-refractivity contribution >= 4 is 5.69 Å². The van der Waals surface area contributed by atoms with E-state index in [1.165, 1.54) is 6.07 Å². The molecule has 84 valence electrons. The molecule has 0 amide bonds. The highest BCUT2D eigenvalue weighted by atomic mass is 19.1. The molecule has 1 aliphatic rings. The van der Waals surface area contributed by atoms with Crippen molar-refractivity contribution < 1.29 is 9.13 Å². The summed E-state index contributed by atoms with van der Waals surface area (Å²) >= 11 is 0. The average molecular weight is 220 g/mol. The number of nitrogens with two attached hydrogens (primary N) is 1. The minimum absolute atomic E-state index is 0.112. The molecule has 0 radical (unpaired) electrons. The van der Waals surface area contributed by atoms with Crippen molar-refractivity contribution in [1.29, 1.82) is 5.26 Å². The minimum atomic E-state index is -0.521. The van der Waals surface area contributed by atoms with Gasteiger partial charge in [-0.15, -0.1) is 0 Å². The summed E-state index contributed by atoms with van der Waals surface area (Å²) in [7, 11) is 0. The molecule has 2 rings (SSSR count). The summed E-state index contributed by atoms with van der Waals surface area (Å²) in [5.41, 5.74) is 6.89. The van der Waals surface area contributed by atoms with Crippen molar-refractivity contribution in [2.75, 3.05) is 18.9 Å². The number of ether oxygens (including phenoxy) is 1. The maximum Gasteiger partial charge on any atom is 0.147 e. The SMILES string of the molecule is N#Cc1cc(F)c(N)cc1C1CCOCC1. The molecule has 1 fully saturated rings. The number of hydrogen-bond acceptors (Lipinski definition) is 3. The van der Waals surface area contributed by atoms with Gasteiger partial charge in [-0.3, -0.25) is 0 Å². The zero-order chi connectivity index (χ0) is 11.5. The van der Waals surface area contributed by atoms with Crippen LogP contribution in [0.15, 0.2) is 12.1 Å². The molecule has 0 bridgehead atoms. The number of halogens is 1. The Kier molecular flexibility index (Phi) is 3.07. The zero-order valence-corrected chi connectivity index (χ0v) is 8.87. The lowest BCUT2D eigenvalue weighted by Crippen LogP contribution is -2.15. The van der Waals surface area contributed by atoms with Crippen molar-refractivity contribution in [3.8, 4) is 6.07 Å². The molecule has 1 aromatic rings. The molecule has 16 heavy (non-hydrogen) atoms. The van der Waals surface area contributed by atoms with Gasteiger partial charge in [0.25, 0.3) is 0 Å². The molecular weight excluding hydrogens is 207 g/mol. The molecule has 0 saturated carbocycles. The van der Waals surface area contributed by atoms with Gasteiger partial charge in [-0.1, -0.05) is 0 Å². The molecular formula is C12H13FN2O. The quantitative estimate of drug-likeness (QED) is 0.738. The Hall–Kier alpha value is -1.60. The number of hydrogen-bond donors (Lipinski definition) is 1. The van der Waals surface area contributed by atoms with E-state index in [0.29, 0.717) is 18.8 Å². The summed E-state index contributed by atoms with van der Waals surface area (Å²) in [5.74, 6) is -0.265. The molecule has 0 spiro atoms. The van der Waals surface area contributed by atoms with Crippen LogP contribution in [0.4, 0.5) is 10.1 Å². The molecule has 1 heterocycles. The zero-order valence-electron chi connectivity index (χ0n) is 8.87. The van der Waals surface area contributed by atoms with E-state index in [1.807, 2.05) is 6.07 Å². The van der Waals surface area contributed by atoms with Crippen LogP contribution in [0.3, 0.4) is 0 Å². The van der Waals surface area contributed by atoms with Crippen molar-refractivity contribution in [3.63, 3.8) is 0 Å². The summed E-state index contributed by atoms with van der Waals surface area (Å²) in [6.07, 6.45) is 1.72. The van der Waals surface area contributed by atoms with Crippen LogP contribution in [0.5, 0.6) is 0 Å². The van der Waals surface area contributed by atoms with Gasteiger partial charge in [-0.05, 0) is 36.5 Å².